The number of thiophene rings is 1. The molecular formula is C16H14N2O3S. The van der Waals surface area contributed by atoms with Crippen molar-refractivity contribution in [3.05, 3.63) is 53.5 Å². The first-order valence-corrected chi connectivity index (χ1v) is 7.57. The Morgan fingerprint density at radius 3 is 2.73 bits per heavy atom. The van der Waals surface area contributed by atoms with Crippen LogP contribution in [0.5, 0.6) is 0 Å². The van der Waals surface area contributed by atoms with Gasteiger partial charge >= 0.3 is 5.97 Å². The molecule has 0 saturated carbocycles. The van der Waals surface area contributed by atoms with Gasteiger partial charge in [0.1, 0.15) is 17.1 Å². The van der Waals surface area contributed by atoms with Gasteiger partial charge in [-0.25, -0.2) is 4.79 Å². The van der Waals surface area contributed by atoms with Crippen LogP contribution in [-0.2, 0) is 16.1 Å². The van der Waals surface area contributed by atoms with Gasteiger partial charge in [0.15, 0.2) is 0 Å². The van der Waals surface area contributed by atoms with Crippen molar-refractivity contribution in [3.63, 3.8) is 0 Å². The van der Waals surface area contributed by atoms with E-state index in [0.717, 1.165) is 15.9 Å². The summed E-state index contributed by atoms with van der Waals surface area (Å²) in [5.41, 5.74) is 1.11. The standard InChI is InChI=1S/C16H14N2O3S/c1-21-16(20)13-9-11-7-8-22-15(11)18(13)10-14(19)17-12-5-3-2-4-6-12/h2-9H,10H2,1H3,(H,17,19). The molecule has 22 heavy (non-hydrogen) atoms. The smallest absolute Gasteiger partial charge is 0.354 e. The van der Waals surface area contributed by atoms with E-state index in [0.29, 0.717) is 5.69 Å². The molecule has 0 aliphatic heterocycles. The van der Waals surface area contributed by atoms with Crippen LogP contribution in [-0.4, -0.2) is 23.6 Å². The Morgan fingerprint density at radius 1 is 1.23 bits per heavy atom. The molecule has 1 aromatic carbocycles. The monoisotopic (exact) mass is 314 g/mol. The predicted octanol–water partition coefficient (Wildman–Crippen LogP) is 3.13. The van der Waals surface area contributed by atoms with Gasteiger partial charge in [-0.15, -0.1) is 11.3 Å². The molecule has 0 unspecified atom stereocenters. The maximum Gasteiger partial charge on any atom is 0.354 e. The Balaban J connectivity index is 1.87. The number of hydrogen-bond donors (Lipinski definition) is 1. The second kappa shape index (κ2) is 6.03. The van der Waals surface area contributed by atoms with Crippen LogP contribution >= 0.6 is 11.3 Å². The highest BCUT2D eigenvalue weighted by Crippen LogP contribution is 2.26. The van der Waals surface area contributed by atoms with Crippen LogP contribution in [0.25, 0.3) is 10.2 Å². The zero-order chi connectivity index (χ0) is 15.5. The highest BCUT2D eigenvalue weighted by molar-refractivity contribution is 7.16. The second-order valence-electron chi connectivity index (χ2n) is 4.70. The summed E-state index contributed by atoms with van der Waals surface area (Å²) >= 11 is 1.49. The average Bonchev–Trinajstić information content (AvgIpc) is 3.10. The van der Waals surface area contributed by atoms with Crippen molar-refractivity contribution in [1.29, 1.82) is 0 Å². The van der Waals surface area contributed by atoms with E-state index in [-0.39, 0.29) is 12.5 Å². The SMILES string of the molecule is COC(=O)c1cc2ccsc2n1CC(=O)Nc1ccccc1. The van der Waals surface area contributed by atoms with Gasteiger partial charge in [0.25, 0.3) is 0 Å². The van der Waals surface area contributed by atoms with Crippen molar-refractivity contribution >= 4 is 39.1 Å². The quantitative estimate of drug-likeness (QED) is 0.753. The molecule has 2 aromatic heterocycles. The molecule has 0 aliphatic carbocycles. The molecule has 0 aliphatic rings. The van der Waals surface area contributed by atoms with Crippen LogP contribution in [0.2, 0.25) is 0 Å². The third kappa shape index (κ3) is 2.73. The maximum absolute atomic E-state index is 12.2. The predicted molar refractivity (Wildman–Crippen MR) is 86.2 cm³/mol. The molecule has 0 radical (unpaired) electrons. The number of fused-ring (bicyclic) bond motifs is 1. The second-order valence-corrected chi connectivity index (χ2v) is 5.60. The van der Waals surface area contributed by atoms with E-state index in [9.17, 15) is 9.59 Å². The number of hydrogen-bond acceptors (Lipinski definition) is 4. The highest BCUT2D eigenvalue weighted by Gasteiger charge is 2.18. The van der Waals surface area contributed by atoms with Gasteiger partial charge in [-0.2, -0.15) is 0 Å². The van der Waals surface area contributed by atoms with E-state index >= 15 is 0 Å². The molecule has 1 amide bonds. The van der Waals surface area contributed by atoms with Crippen LogP contribution in [0.15, 0.2) is 47.8 Å². The van der Waals surface area contributed by atoms with Gasteiger partial charge in [-0.1, -0.05) is 18.2 Å². The fraction of sp³-hybridized carbons (Fsp3) is 0.125. The lowest BCUT2D eigenvalue weighted by Gasteiger charge is -2.09. The molecular weight excluding hydrogens is 300 g/mol. The Morgan fingerprint density at radius 2 is 2.00 bits per heavy atom. The third-order valence-corrected chi connectivity index (χ3v) is 4.21. The number of para-hydroxylation sites is 1. The average molecular weight is 314 g/mol. The van der Waals surface area contributed by atoms with Gasteiger partial charge in [0.05, 0.1) is 7.11 Å². The van der Waals surface area contributed by atoms with Gasteiger partial charge in [0.2, 0.25) is 5.91 Å². The van der Waals surface area contributed by atoms with E-state index in [1.807, 2.05) is 41.8 Å². The Kier molecular flexibility index (Phi) is 3.93. The molecule has 1 N–H and O–H groups in total. The maximum atomic E-state index is 12.2. The first-order valence-electron chi connectivity index (χ1n) is 6.69. The Labute approximate surface area is 131 Å². The minimum Gasteiger partial charge on any atom is -0.464 e. The molecule has 0 spiro atoms. The summed E-state index contributed by atoms with van der Waals surface area (Å²) in [5.74, 6) is -0.641. The van der Waals surface area contributed by atoms with Gasteiger partial charge in [-0.05, 0) is 29.6 Å². The van der Waals surface area contributed by atoms with E-state index in [4.69, 9.17) is 4.74 Å². The number of ether oxygens (including phenoxy) is 1. The zero-order valence-electron chi connectivity index (χ0n) is 11.9. The summed E-state index contributed by atoms with van der Waals surface area (Å²) < 4.78 is 6.47. The first kappa shape index (κ1) is 14.3. The zero-order valence-corrected chi connectivity index (χ0v) is 12.7. The van der Waals surface area contributed by atoms with Gasteiger partial charge in [-0.3, -0.25) is 4.79 Å². The van der Waals surface area contributed by atoms with Crippen LogP contribution < -0.4 is 5.32 Å². The molecule has 3 aromatic rings. The molecule has 0 saturated heterocycles. The van der Waals surface area contributed by atoms with Crippen molar-refractivity contribution in [2.45, 2.75) is 6.54 Å². The lowest BCUT2D eigenvalue weighted by atomic mass is 10.3. The number of aromatic nitrogens is 1. The van der Waals surface area contributed by atoms with Crippen molar-refractivity contribution in [1.82, 2.24) is 4.57 Å². The van der Waals surface area contributed by atoms with E-state index in [1.165, 1.54) is 18.4 Å². The minimum atomic E-state index is -0.448. The number of carbonyl (C=O) groups is 2. The van der Waals surface area contributed by atoms with E-state index < -0.39 is 5.97 Å². The number of rotatable bonds is 4. The van der Waals surface area contributed by atoms with Crippen molar-refractivity contribution < 1.29 is 14.3 Å². The van der Waals surface area contributed by atoms with Gasteiger partial charge in [0, 0.05) is 11.1 Å². The van der Waals surface area contributed by atoms with Crippen LogP contribution in [0.1, 0.15) is 10.5 Å². The van der Waals surface area contributed by atoms with Crippen molar-refractivity contribution in [3.8, 4) is 0 Å². The largest absolute Gasteiger partial charge is 0.464 e. The fourth-order valence-electron chi connectivity index (χ4n) is 2.27. The van der Waals surface area contributed by atoms with E-state index in [2.05, 4.69) is 5.32 Å². The number of anilines is 1. The van der Waals surface area contributed by atoms with Crippen molar-refractivity contribution in [2.24, 2.45) is 0 Å². The first-order chi connectivity index (χ1) is 10.7. The Hall–Kier alpha value is -2.60. The summed E-state index contributed by atoms with van der Waals surface area (Å²) in [5, 5.41) is 5.67. The molecule has 5 nitrogen and oxygen atoms in total. The van der Waals surface area contributed by atoms with Crippen LogP contribution in [0, 0.1) is 0 Å². The molecule has 2 heterocycles. The molecule has 6 heteroatoms. The van der Waals surface area contributed by atoms with Gasteiger partial charge < -0.3 is 14.6 Å². The molecule has 3 rings (SSSR count). The summed E-state index contributed by atoms with van der Waals surface area (Å²) in [6.45, 7) is 0.0589. The number of nitrogens with zero attached hydrogens (tertiary/aromatic N) is 1. The number of methoxy groups -OCH3 is 1. The number of amides is 1. The number of benzene rings is 1. The molecule has 0 bridgehead atoms. The normalized spacial score (nSPS) is 10.6. The lowest BCUT2D eigenvalue weighted by Crippen LogP contribution is -2.21. The summed E-state index contributed by atoms with van der Waals surface area (Å²) in [7, 11) is 1.33. The summed E-state index contributed by atoms with van der Waals surface area (Å²) in [6.07, 6.45) is 0. The number of nitrogens with one attached hydrogen (secondary N) is 1. The van der Waals surface area contributed by atoms with Crippen molar-refractivity contribution in [2.75, 3.05) is 12.4 Å². The summed E-state index contributed by atoms with van der Waals surface area (Å²) in [4.78, 5) is 25.0. The topological polar surface area (TPSA) is 60.3 Å². The van der Waals surface area contributed by atoms with Crippen LogP contribution in [0.4, 0.5) is 5.69 Å². The number of esters is 1. The highest BCUT2D eigenvalue weighted by atomic mass is 32.1. The lowest BCUT2D eigenvalue weighted by molar-refractivity contribution is -0.116. The van der Waals surface area contributed by atoms with Crippen LogP contribution in [0.3, 0.4) is 0 Å². The minimum absolute atomic E-state index is 0.0589. The summed E-state index contributed by atoms with van der Waals surface area (Å²) in [6, 6.07) is 12.9. The number of carbonyl (C=O) groups excluding carboxylic acids is 2. The third-order valence-electron chi connectivity index (χ3n) is 3.26. The molecule has 112 valence electrons. The molecule has 0 atom stereocenters. The molecule has 0 fully saturated rings. The fourth-order valence-corrected chi connectivity index (χ4v) is 3.17. The van der Waals surface area contributed by atoms with E-state index in [1.54, 1.807) is 10.6 Å². The Bertz CT molecular complexity index is 820.